The van der Waals surface area contributed by atoms with Crippen LogP contribution < -0.4 is 16.6 Å². The first-order valence-electron chi connectivity index (χ1n) is 7.88. The van der Waals surface area contributed by atoms with Crippen LogP contribution in [0.15, 0.2) is 24.3 Å². The van der Waals surface area contributed by atoms with Gasteiger partial charge in [0.2, 0.25) is 11.8 Å². The number of nitrogens with zero attached hydrogens (tertiary/aromatic N) is 1. The van der Waals surface area contributed by atoms with Crippen molar-refractivity contribution in [2.45, 2.75) is 18.9 Å². The summed E-state index contributed by atoms with van der Waals surface area (Å²) in [6, 6.07) is 7.46. The number of hydrogen-bond acceptors (Lipinski definition) is 4. The number of primary amides is 1. The Kier molecular flexibility index (Phi) is 4.84. The van der Waals surface area contributed by atoms with Crippen molar-refractivity contribution in [1.29, 1.82) is 0 Å². The van der Waals surface area contributed by atoms with Gasteiger partial charge in [-0.15, -0.1) is 0 Å². The first kappa shape index (κ1) is 16.2. The Balaban J connectivity index is 1.67. The fourth-order valence-corrected chi connectivity index (χ4v) is 3.46. The van der Waals surface area contributed by atoms with E-state index in [1.165, 1.54) is 0 Å². The molecule has 1 aromatic carbocycles. The Hall–Kier alpha value is -1.63. The number of nitrogens with one attached hydrogen (secondary N) is 2. The number of piperidine rings is 1. The third-order valence-electron chi connectivity index (χ3n) is 4.74. The Morgan fingerprint density at radius 1 is 1.17 bits per heavy atom. The monoisotopic (exact) mass is 336 g/mol. The van der Waals surface area contributed by atoms with Gasteiger partial charge in [0, 0.05) is 30.6 Å². The molecule has 0 saturated carbocycles. The van der Waals surface area contributed by atoms with E-state index in [1.807, 2.05) is 29.2 Å². The van der Waals surface area contributed by atoms with E-state index >= 15 is 0 Å². The SMILES string of the molecule is NC(=O)C1CCN(C(=O)C2CNNC2c2ccc(Cl)cc2)CC1. The zero-order valence-corrected chi connectivity index (χ0v) is 13.6. The molecular weight excluding hydrogens is 316 g/mol. The second kappa shape index (κ2) is 6.86. The molecule has 0 aliphatic carbocycles. The van der Waals surface area contributed by atoms with Crippen molar-refractivity contribution in [3.63, 3.8) is 0 Å². The predicted molar refractivity (Wildman–Crippen MR) is 87.3 cm³/mol. The number of rotatable bonds is 3. The summed E-state index contributed by atoms with van der Waals surface area (Å²) in [6.45, 7) is 1.77. The van der Waals surface area contributed by atoms with Crippen LogP contribution in [0.5, 0.6) is 0 Å². The van der Waals surface area contributed by atoms with E-state index < -0.39 is 0 Å². The van der Waals surface area contributed by atoms with Gasteiger partial charge < -0.3 is 10.6 Å². The number of hydrogen-bond donors (Lipinski definition) is 3. The van der Waals surface area contributed by atoms with E-state index in [4.69, 9.17) is 17.3 Å². The minimum Gasteiger partial charge on any atom is -0.369 e. The van der Waals surface area contributed by atoms with Gasteiger partial charge in [0.05, 0.1) is 12.0 Å². The molecule has 23 heavy (non-hydrogen) atoms. The lowest BCUT2D eigenvalue weighted by Gasteiger charge is -2.33. The van der Waals surface area contributed by atoms with Crippen LogP contribution in [0, 0.1) is 11.8 Å². The molecule has 2 atom stereocenters. The van der Waals surface area contributed by atoms with E-state index in [9.17, 15) is 9.59 Å². The number of carbonyl (C=O) groups excluding carboxylic acids is 2. The van der Waals surface area contributed by atoms with E-state index in [-0.39, 0.29) is 29.7 Å². The number of likely N-dealkylation sites (tertiary alicyclic amines) is 1. The van der Waals surface area contributed by atoms with Crippen LogP contribution in [0.4, 0.5) is 0 Å². The van der Waals surface area contributed by atoms with Gasteiger partial charge in [-0.3, -0.25) is 15.0 Å². The summed E-state index contributed by atoms with van der Waals surface area (Å²) in [5.74, 6) is -0.419. The summed E-state index contributed by atoms with van der Waals surface area (Å²) < 4.78 is 0. The summed E-state index contributed by atoms with van der Waals surface area (Å²) in [5.41, 5.74) is 12.6. The summed E-state index contributed by atoms with van der Waals surface area (Å²) in [6.07, 6.45) is 1.31. The molecular formula is C16H21ClN4O2. The summed E-state index contributed by atoms with van der Waals surface area (Å²) >= 11 is 5.93. The molecule has 0 spiro atoms. The van der Waals surface area contributed by atoms with Crippen molar-refractivity contribution in [3.05, 3.63) is 34.9 Å². The third kappa shape index (κ3) is 3.49. The predicted octanol–water partition coefficient (Wildman–Crippen LogP) is 0.829. The van der Waals surface area contributed by atoms with Crippen LogP contribution in [-0.2, 0) is 9.59 Å². The number of halogens is 1. The van der Waals surface area contributed by atoms with Gasteiger partial charge in [-0.1, -0.05) is 23.7 Å². The Labute approximate surface area is 140 Å². The van der Waals surface area contributed by atoms with Crippen LogP contribution in [-0.4, -0.2) is 36.3 Å². The van der Waals surface area contributed by atoms with Crippen molar-refractivity contribution in [1.82, 2.24) is 15.8 Å². The second-order valence-corrected chi connectivity index (χ2v) is 6.60. The molecule has 2 aliphatic rings. The van der Waals surface area contributed by atoms with Crippen LogP contribution >= 0.6 is 11.6 Å². The van der Waals surface area contributed by atoms with Gasteiger partial charge in [-0.2, -0.15) is 0 Å². The number of amides is 2. The largest absolute Gasteiger partial charge is 0.369 e. The Bertz CT molecular complexity index is 584. The lowest BCUT2D eigenvalue weighted by molar-refractivity contribution is -0.138. The highest BCUT2D eigenvalue weighted by Gasteiger charge is 2.37. The van der Waals surface area contributed by atoms with Crippen molar-refractivity contribution in [3.8, 4) is 0 Å². The Morgan fingerprint density at radius 3 is 2.43 bits per heavy atom. The summed E-state index contributed by atoms with van der Waals surface area (Å²) in [7, 11) is 0. The summed E-state index contributed by atoms with van der Waals surface area (Å²) in [5, 5.41) is 0.677. The average molecular weight is 337 g/mol. The number of benzene rings is 1. The lowest BCUT2D eigenvalue weighted by Crippen LogP contribution is -2.45. The average Bonchev–Trinajstić information content (AvgIpc) is 3.04. The number of carbonyl (C=O) groups is 2. The zero-order valence-electron chi connectivity index (χ0n) is 12.8. The summed E-state index contributed by atoms with van der Waals surface area (Å²) in [4.78, 5) is 25.9. The molecule has 4 N–H and O–H groups in total. The molecule has 1 aromatic rings. The maximum absolute atomic E-state index is 12.8. The van der Waals surface area contributed by atoms with E-state index in [0.717, 1.165) is 5.56 Å². The molecule has 0 aromatic heterocycles. The van der Waals surface area contributed by atoms with Crippen LogP contribution in [0.2, 0.25) is 5.02 Å². The van der Waals surface area contributed by atoms with E-state index in [2.05, 4.69) is 10.9 Å². The first-order valence-corrected chi connectivity index (χ1v) is 8.26. The first-order chi connectivity index (χ1) is 11.1. The minimum absolute atomic E-state index is 0.0753. The maximum atomic E-state index is 12.8. The van der Waals surface area contributed by atoms with Crippen molar-refractivity contribution >= 4 is 23.4 Å². The molecule has 2 fully saturated rings. The van der Waals surface area contributed by atoms with Crippen molar-refractivity contribution < 1.29 is 9.59 Å². The van der Waals surface area contributed by atoms with Gasteiger partial charge in [0.15, 0.2) is 0 Å². The molecule has 124 valence electrons. The fraction of sp³-hybridized carbons (Fsp3) is 0.500. The number of nitrogens with two attached hydrogens (primary N) is 1. The highest BCUT2D eigenvalue weighted by atomic mass is 35.5. The van der Waals surface area contributed by atoms with E-state index in [0.29, 0.717) is 37.5 Å². The lowest BCUT2D eigenvalue weighted by atomic mass is 9.91. The standard InChI is InChI=1S/C16H21ClN4O2/c17-12-3-1-10(2-4-12)14-13(9-19-20-14)16(23)21-7-5-11(6-8-21)15(18)22/h1-4,11,13-14,19-20H,5-9H2,(H2,18,22). The van der Waals surface area contributed by atoms with Crippen molar-refractivity contribution in [2.75, 3.05) is 19.6 Å². The van der Waals surface area contributed by atoms with Gasteiger partial charge in [-0.05, 0) is 30.5 Å². The smallest absolute Gasteiger partial charge is 0.229 e. The second-order valence-electron chi connectivity index (χ2n) is 6.16. The van der Waals surface area contributed by atoms with Crippen molar-refractivity contribution in [2.24, 2.45) is 17.6 Å². The molecule has 0 radical (unpaired) electrons. The molecule has 2 amide bonds. The van der Waals surface area contributed by atoms with Crippen LogP contribution in [0.25, 0.3) is 0 Å². The highest BCUT2D eigenvalue weighted by molar-refractivity contribution is 6.30. The molecule has 7 heteroatoms. The highest BCUT2D eigenvalue weighted by Crippen LogP contribution is 2.29. The zero-order chi connectivity index (χ0) is 16.4. The quantitative estimate of drug-likeness (QED) is 0.763. The fourth-order valence-electron chi connectivity index (χ4n) is 3.33. The van der Waals surface area contributed by atoms with E-state index in [1.54, 1.807) is 0 Å². The van der Waals surface area contributed by atoms with Gasteiger partial charge in [0.25, 0.3) is 0 Å². The van der Waals surface area contributed by atoms with Gasteiger partial charge in [-0.25, -0.2) is 5.43 Å². The minimum atomic E-state index is -0.264. The molecule has 2 aliphatic heterocycles. The topological polar surface area (TPSA) is 87.5 Å². The Morgan fingerprint density at radius 2 is 1.83 bits per heavy atom. The molecule has 0 bridgehead atoms. The normalized spacial score (nSPS) is 25.5. The molecule has 6 nitrogen and oxygen atoms in total. The molecule has 2 heterocycles. The molecule has 2 saturated heterocycles. The molecule has 3 rings (SSSR count). The van der Waals surface area contributed by atoms with Gasteiger partial charge in [0.1, 0.15) is 0 Å². The van der Waals surface area contributed by atoms with Crippen LogP contribution in [0.1, 0.15) is 24.4 Å². The molecule has 2 unspecified atom stereocenters. The third-order valence-corrected chi connectivity index (χ3v) is 4.99. The maximum Gasteiger partial charge on any atom is 0.229 e. The number of hydrazine groups is 1. The van der Waals surface area contributed by atoms with Gasteiger partial charge >= 0.3 is 0 Å². The van der Waals surface area contributed by atoms with Crippen LogP contribution in [0.3, 0.4) is 0 Å².